The number of para-hydroxylation sites is 2. The van der Waals surface area contributed by atoms with Crippen LogP contribution >= 0.6 is 17.7 Å². The number of rotatable bonds is 0. The van der Waals surface area contributed by atoms with Crippen LogP contribution in [0.25, 0.3) is 0 Å². The number of benzene rings is 2. The Balaban J connectivity index is 0.000000111. The Kier molecular flexibility index (Phi) is 4.97. The molecule has 2 aliphatic rings. The Morgan fingerprint density at radius 3 is 1.56 bits per heavy atom. The van der Waals surface area contributed by atoms with Gasteiger partial charge in [0, 0.05) is 0 Å². The molecule has 2 heterocycles. The number of fused-ring (bicyclic) bond motifs is 2. The molecule has 18 heavy (non-hydrogen) atoms. The summed E-state index contributed by atoms with van der Waals surface area (Å²) in [5, 5.41) is 0. The standard InChI is InChI=1S/2C6H6OS.2Sb/c2*7-5-3-1-2-4-6(5)8;;/h2*1-4,7-8H;;/q;;2*+2/p-4. The van der Waals surface area contributed by atoms with E-state index in [1.54, 1.807) is 0 Å². The molecule has 0 atom stereocenters. The second-order valence-corrected chi connectivity index (χ2v) is 11.7. The zero-order chi connectivity index (χ0) is 12.2. The van der Waals surface area contributed by atoms with Crippen LogP contribution in [0.4, 0.5) is 0 Å². The fraction of sp³-hybridized carbons (Fsp3) is 0. The third-order valence-corrected chi connectivity index (χ3v) is 10.7. The van der Waals surface area contributed by atoms with Crippen molar-refractivity contribution < 1.29 is 6.03 Å². The summed E-state index contributed by atoms with van der Waals surface area (Å²) in [6, 6.07) is 16.4. The van der Waals surface area contributed by atoms with Crippen LogP contribution in [0.1, 0.15) is 0 Å². The van der Waals surface area contributed by atoms with Crippen LogP contribution in [-0.2, 0) is 0 Å². The van der Waals surface area contributed by atoms with E-state index in [1.807, 2.05) is 42.0 Å². The molecule has 0 fully saturated rings. The molecule has 0 saturated heterocycles. The van der Waals surface area contributed by atoms with Crippen LogP contribution < -0.4 is 6.03 Å². The molecule has 2 nitrogen and oxygen atoms in total. The van der Waals surface area contributed by atoms with Crippen LogP contribution in [0.3, 0.4) is 0 Å². The first kappa shape index (κ1) is 13.4. The van der Waals surface area contributed by atoms with E-state index in [0.717, 1.165) is 11.5 Å². The van der Waals surface area contributed by atoms with Gasteiger partial charge in [-0.1, -0.05) is 0 Å². The average molecular weight is 492 g/mol. The summed E-state index contributed by atoms with van der Waals surface area (Å²) < 4.78 is 10.8. The summed E-state index contributed by atoms with van der Waals surface area (Å²) in [4.78, 5) is 2.66. The molecule has 2 aromatic carbocycles. The van der Waals surface area contributed by atoms with Gasteiger partial charge >= 0.3 is 135 Å². The van der Waals surface area contributed by atoms with Crippen molar-refractivity contribution in [1.29, 1.82) is 0 Å². The van der Waals surface area contributed by atoms with E-state index in [2.05, 4.69) is 24.3 Å². The zero-order valence-corrected chi connectivity index (χ0v) is 15.9. The normalized spacial score (nSPS) is 14.7. The summed E-state index contributed by atoms with van der Waals surface area (Å²) in [6.07, 6.45) is 0. The van der Waals surface area contributed by atoms with E-state index < -0.39 is 0 Å². The number of hydrogen-bond donors (Lipinski definition) is 0. The molecule has 90 valence electrons. The molecule has 0 spiro atoms. The third-order valence-electron chi connectivity index (χ3n) is 2.24. The van der Waals surface area contributed by atoms with Crippen molar-refractivity contribution in [3.63, 3.8) is 0 Å². The van der Waals surface area contributed by atoms with Gasteiger partial charge in [0.05, 0.1) is 0 Å². The van der Waals surface area contributed by atoms with E-state index in [-0.39, 0.29) is 41.3 Å². The van der Waals surface area contributed by atoms with Crippen LogP contribution in [0.15, 0.2) is 58.3 Å². The van der Waals surface area contributed by atoms with Crippen molar-refractivity contribution in [1.82, 2.24) is 0 Å². The summed E-state index contributed by atoms with van der Waals surface area (Å²) in [5.74, 6) is 2.19. The Labute approximate surface area is 133 Å². The average Bonchev–Trinajstić information content (AvgIpc) is 3.08. The van der Waals surface area contributed by atoms with Gasteiger partial charge in [-0.3, -0.25) is 0 Å². The van der Waals surface area contributed by atoms with E-state index >= 15 is 0 Å². The van der Waals surface area contributed by atoms with Crippen LogP contribution in [0, 0.1) is 0 Å². The molecule has 6 heteroatoms. The van der Waals surface area contributed by atoms with Crippen molar-refractivity contribution in [2.75, 3.05) is 0 Å². The Morgan fingerprint density at radius 1 is 0.667 bits per heavy atom. The Hall–Kier alpha value is 0.376. The number of hydrogen-bond acceptors (Lipinski definition) is 4. The van der Waals surface area contributed by atoms with Crippen molar-refractivity contribution in [2.45, 2.75) is 9.79 Å². The molecule has 0 saturated carbocycles. The third kappa shape index (κ3) is 3.28. The molecule has 2 aliphatic heterocycles. The first-order valence-corrected chi connectivity index (χ1v) is 15.1. The minimum absolute atomic E-state index is 0.379. The van der Waals surface area contributed by atoms with Gasteiger partial charge in [-0.15, -0.1) is 0 Å². The predicted octanol–water partition coefficient (Wildman–Crippen LogP) is 3.41. The van der Waals surface area contributed by atoms with Gasteiger partial charge in [0.1, 0.15) is 0 Å². The molecule has 2 radical (unpaired) electrons. The van der Waals surface area contributed by atoms with Gasteiger partial charge in [0.2, 0.25) is 0 Å². The zero-order valence-electron chi connectivity index (χ0n) is 9.15. The van der Waals surface area contributed by atoms with E-state index in [4.69, 9.17) is 6.03 Å². The first-order valence-electron chi connectivity index (χ1n) is 5.20. The minimum atomic E-state index is -0.379. The maximum absolute atomic E-state index is 5.41. The molecule has 0 aliphatic carbocycles. The molecular weight excluding hydrogens is 484 g/mol. The summed E-state index contributed by atoms with van der Waals surface area (Å²) >= 11 is -0.758. The van der Waals surface area contributed by atoms with Crippen molar-refractivity contribution >= 4 is 59.0 Å². The van der Waals surface area contributed by atoms with Gasteiger partial charge in [0.25, 0.3) is 0 Å². The molecule has 0 unspecified atom stereocenters. The summed E-state index contributed by atoms with van der Waals surface area (Å²) in [7, 11) is 3.79. The van der Waals surface area contributed by atoms with Gasteiger partial charge in [-0.05, 0) is 0 Å². The molecule has 4 rings (SSSR count). The molecular formula is C12H8O2S2Sb2. The van der Waals surface area contributed by atoms with E-state index in [9.17, 15) is 0 Å². The SMILES string of the molecule is c1ccc2c(c1)[O][Sb][S]2.c1ccc2c(c1)[O][Sb][S]2. The molecule has 2 aromatic rings. The Bertz CT molecular complexity index is 456. The van der Waals surface area contributed by atoms with Gasteiger partial charge in [0.15, 0.2) is 0 Å². The second kappa shape index (κ2) is 6.70. The van der Waals surface area contributed by atoms with Crippen LogP contribution in [0.2, 0.25) is 0 Å². The molecule has 0 bridgehead atoms. The van der Waals surface area contributed by atoms with Gasteiger partial charge in [-0.25, -0.2) is 0 Å². The van der Waals surface area contributed by atoms with Crippen molar-refractivity contribution in [3.8, 4) is 11.5 Å². The van der Waals surface area contributed by atoms with Crippen molar-refractivity contribution in [3.05, 3.63) is 48.5 Å². The van der Waals surface area contributed by atoms with E-state index in [1.165, 1.54) is 9.79 Å². The fourth-order valence-electron chi connectivity index (χ4n) is 1.40. The summed E-state index contributed by atoms with van der Waals surface area (Å²) in [6.45, 7) is 0. The fourth-order valence-corrected chi connectivity index (χ4v) is 9.72. The molecule has 0 N–H and O–H groups in total. The van der Waals surface area contributed by atoms with Gasteiger partial charge < -0.3 is 0 Å². The molecule has 0 amide bonds. The monoisotopic (exact) mass is 490 g/mol. The second-order valence-electron chi connectivity index (χ2n) is 3.41. The van der Waals surface area contributed by atoms with E-state index in [0.29, 0.717) is 0 Å². The summed E-state index contributed by atoms with van der Waals surface area (Å²) in [5.41, 5.74) is 0. The topological polar surface area (TPSA) is 18.5 Å². The Morgan fingerprint density at radius 2 is 1.11 bits per heavy atom. The van der Waals surface area contributed by atoms with Crippen molar-refractivity contribution in [2.24, 2.45) is 0 Å². The molecule has 0 aromatic heterocycles. The maximum atomic E-state index is 5.41. The van der Waals surface area contributed by atoms with Crippen LogP contribution in [0.5, 0.6) is 11.5 Å². The van der Waals surface area contributed by atoms with Crippen LogP contribution in [-0.4, -0.2) is 41.3 Å². The first-order chi connectivity index (χ1) is 8.93. The van der Waals surface area contributed by atoms with Gasteiger partial charge in [-0.2, -0.15) is 0 Å². The quantitative estimate of drug-likeness (QED) is 0.526. The predicted molar refractivity (Wildman–Crippen MR) is 77.4 cm³/mol.